The number of aromatic nitrogens is 16. The van der Waals surface area contributed by atoms with Gasteiger partial charge in [0.2, 0.25) is 0 Å². The average Bonchev–Trinajstić information content (AvgIpc) is 1.96. The standard InChI is InChI=1S/C27H28N6O2.C27H27N5OS.C27H32N4O.C25H29N5O/c1-5-35-20-12-10-19(11-13-20)33-17(3)24-16(2)31-32-26(25(24)18(33)4)28-15-14-23-29-22-9-7-6-8-21(22)27(34)30-23;1-5-33-23-13-11-22(12-14-23)32-18(3)24-17(2)30-31-26(25(24)19(32)4)28-15-21-16-34-27(29-21)20-9-7-6-8-10-20;1-5-32-24-16-14-23(15-17-24)31-20(3)25-19(2)29-30-27(26(25)21(31)4)28-18-10-9-13-22-11-7-6-8-12-22;1-6-31-22-12-10-21(11-13-22)30-18(3)23-17(2)27-28-25(24(23)19(30)4)29(5)16-14-20-9-7-8-15-26-20/h6-13H,5,14-15H2,1-4H3,(H,28,32)(H,29,30,34);6-14,16H,5,15H2,1-4H3,(H,28,31);6-8,11-12,14-17H,5,9-10,13,18H2,1-4H3,(H,28,30);7-13,15H,6,14,16H2,1-5H3. The van der Waals surface area contributed by atoms with Gasteiger partial charge in [0.15, 0.2) is 23.3 Å². The molecule has 26 heteroatoms. The van der Waals surface area contributed by atoms with E-state index in [1.165, 1.54) is 33.4 Å². The van der Waals surface area contributed by atoms with Gasteiger partial charge in [0.1, 0.15) is 33.8 Å². The molecule has 0 spiro atoms. The quantitative estimate of drug-likeness (QED) is 0.0305. The Kier molecular flexibility index (Phi) is 29.5. The van der Waals surface area contributed by atoms with Crippen LogP contribution in [0, 0.1) is 83.1 Å². The molecular weight excluding hydrogens is 1670 g/mol. The Labute approximate surface area is 774 Å². The van der Waals surface area contributed by atoms with E-state index in [9.17, 15) is 4.79 Å². The summed E-state index contributed by atoms with van der Waals surface area (Å²) in [6.45, 7) is 38.6. The lowest BCUT2D eigenvalue weighted by Crippen LogP contribution is -2.22. The molecule has 0 amide bonds. The number of ether oxygens (including phenoxy) is 4. The first-order valence-electron chi connectivity index (χ1n) is 45.3. The number of fused-ring (bicyclic) bond motifs is 5. The van der Waals surface area contributed by atoms with Crippen molar-refractivity contribution in [2.75, 3.05) is 74.0 Å². The van der Waals surface area contributed by atoms with Crippen molar-refractivity contribution in [2.45, 2.75) is 149 Å². The summed E-state index contributed by atoms with van der Waals surface area (Å²) in [5.41, 5.74) is 22.4. The van der Waals surface area contributed by atoms with Crippen LogP contribution in [0.2, 0.25) is 0 Å². The number of anilines is 4. The second-order valence-electron chi connectivity index (χ2n) is 32.7. The highest BCUT2D eigenvalue weighted by Crippen LogP contribution is 2.41. The summed E-state index contributed by atoms with van der Waals surface area (Å²) < 4.78 is 31.5. The van der Waals surface area contributed by atoms with Crippen molar-refractivity contribution >= 4 is 88.6 Å². The van der Waals surface area contributed by atoms with Crippen LogP contribution in [0.1, 0.15) is 132 Å². The van der Waals surface area contributed by atoms with Gasteiger partial charge < -0.3 is 63.1 Å². The zero-order valence-electron chi connectivity index (χ0n) is 78.5. The Morgan fingerprint density at radius 3 is 1.23 bits per heavy atom. The Bertz CT molecular complexity index is 7070. The molecule has 11 aromatic heterocycles. The Morgan fingerprint density at radius 1 is 0.379 bits per heavy atom. The fourth-order valence-corrected chi connectivity index (χ4v) is 18.7. The Morgan fingerprint density at radius 2 is 0.780 bits per heavy atom. The van der Waals surface area contributed by atoms with Gasteiger partial charge in [-0.1, -0.05) is 78.9 Å². The number of nitrogens with zero attached hydrogens (tertiary/aromatic N) is 16. The fraction of sp³-hybridized carbons (Fsp3) is 0.283. The molecule has 0 unspecified atom stereocenters. The van der Waals surface area contributed by atoms with Crippen LogP contribution in [0.4, 0.5) is 23.3 Å². The second-order valence-corrected chi connectivity index (χ2v) is 33.5. The highest BCUT2D eigenvalue weighted by molar-refractivity contribution is 7.13. The molecule has 0 aliphatic rings. The maximum absolute atomic E-state index is 12.4. The summed E-state index contributed by atoms with van der Waals surface area (Å²) >= 11 is 1.65. The number of likely N-dealkylation sites (N-methyl/N-ethyl adjacent to an activating group) is 1. The van der Waals surface area contributed by atoms with E-state index in [2.05, 4.69) is 260 Å². The smallest absolute Gasteiger partial charge is 0.258 e. The fourth-order valence-electron chi connectivity index (χ4n) is 17.8. The van der Waals surface area contributed by atoms with Crippen molar-refractivity contribution in [1.29, 1.82) is 0 Å². The first-order chi connectivity index (χ1) is 64.1. The van der Waals surface area contributed by atoms with Crippen molar-refractivity contribution in [2.24, 2.45) is 0 Å². The van der Waals surface area contributed by atoms with Crippen LogP contribution in [0.5, 0.6) is 23.0 Å². The number of unbranched alkanes of at least 4 members (excludes halogenated alkanes) is 1. The third kappa shape index (κ3) is 20.2. The van der Waals surface area contributed by atoms with E-state index in [4.69, 9.17) is 23.9 Å². The molecule has 0 fully saturated rings. The molecule has 0 saturated heterocycles. The van der Waals surface area contributed by atoms with Gasteiger partial charge in [-0.25, -0.2) is 9.97 Å². The molecule has 0 bridgehead atoms. The lowest BCUT2D eigenvalue weighted by molar-refractivity contribution is 0.340. The highest BCUT2D eigenvalue weighted by atomic mass is 32.1. The summed E-state index contributed by atoms with van der Waals surface area (Å²) in [5, 5.41) is 59.1. The molecule has 25 nitrogen and oxygen atoms in total. The van der Waals surface area contributed by atoms with Gasteiger partial charge in [-0.2, -0.15) is 20.4 Å². The van der Waals surface area contributed by atoms with Crippen molar-refractivity contribution in [3.8, 4) is 56.3 Å². The van der Waals surface area contributed by atoms with E-state index < -0.39 is 0 Å². The predicted octanol–water partition coefficient (Wildman–Crippen LogP) is 22.1. The van der Waals surface area contributed by atoms with Crippen molar-refractivity contribution in [1.82, 2.24) is 79.0 Å². The predicted molar refractivity (Wildman–Crippen MR) is 535 cm³/mol. The van der Waals surface area contributed by atoms with E-state index >= 15 is 0 Å². The number of H-pyrrole nitrogens is 1. The van der Waals surface area contributed by atoms with Gasteiger partial charge in [0.25, 0.3) is 5.56 Å². The maximum atomic E-state index is 12.4. The second kappa shape index (κ2) is 42.3. The molecular formula is C106H116N20O5S. The van der Waals surface area contributed by atoms with Crippen molar-refractivity contribution in [3.63, 3.8) is 0 Å². The molecule has 0 radical (unpaired) electrons. The number of hydrogen-bond acceptors (Lipinski definition) is 21. The number of pyridine rings is 1. The van der Waals surface area contributed by atoms with Crippen LogP contribution >= 0.6 is 11.3 Å². The minimum Gasteiger partial charge on any atom is -0.494 e. The minimum atomic E-state index is -0.123. The van der Waals surface area contributed by atoms with Gasteiger partial charge in [-0.05, 0) is 257 Å². The molecule has 0 saturated carbocycles. The number of aryl methyl sites for hydroxylation is 13. The molecule has 132 heavy (non-hydrogen) atoms. The van der Waals surface area contributed by atoms with Crippen LogP contribution in [-0.2, 0) is 25.8 Å². The van der Waals surface area contributed by atoms with Crippen LogP contribution in [0.15, 0.2) is 217 Å². The number of para-hydroxylation sites is 1. The first kappa shape index (κ1) is 92.1. The Balaban J connectivity index is 0.000000135. The minimum absolute atomic E-state index is 0.123. The van der Waals surface area contributed by atoms with Crippen molar-refractivity contribution < 1.29 is 18.9 Å². The van der Waals surface area contributed by atoms with E-state index in [0.717, 1.165) is 213 Å². The number of benzene rings is 7. The van der Waals surface area contributed by atoms with Gasteiger partial charge >= 0.3 is 0 Å². The number of nitrogens with one attached hydrogen (secondary N) is 4. The molecule has 0 aliphatic heterocycles. The van der Waals surface area contributed by atoms with Crippen LogP contribution in [0.3, 0.4) is 0 Å². The lowest BCUT2D eigenvalue weighted by atomic mass is 10.1. The molecule has 18 rings (SSSR count). The molecule has 0 aliphatic carbocycles. The van der Waals surface area contributed by atoms with Gasteiger partial charge in [-0.15, -0.1) is 31.7 Å². The first-order valence-corrected chi connectivity index (χ1v) is 46.2. The van der Waals surface area contributed by atoms with Gasteiger partial charge in [-0.3, -0.25) is 9.78 Å². The zero-order chi connectivity index (χ0) is 92.6. The molecule has 4 N–H and O–H groups in total. The van der Waals surface area contributed by atoms with E-state index in [1.54, 1.807) is 17.4 Å². The molecule has 11 heterocycles. The highest BCUT2D eigenvalue weighted by Gasteiger charge is 2.26. The largest absolute Gasteiger partial charge is 0.494 e. The monoisotopic (exact) mass is 1780 g/mol. The molecule has 18 aromatic rings. The lowest BCUT2D eigenvalue weighted by Gasteiger charge is -2.19. The topological polar surface area (TPSA) is 271 Å². The van der Waals surface area contributed by atoms with Gasteiger partial charge in [0, 0.05) is 174 Å². The van der Waals surface area contributed by atoms with Crippen LogP contribution in [0.25, 0.3) is 87.3 Å². The van der Waals surface area contributed by atoms with E-state index in [0.29, 0.717) is 62.7 Å². The van der Waals surface area contributed by atoms with Crippen molar-refractivity contribution in [3.05, 3.63) is 313 Å². The number of rotatable bonds is 30. The third-order valence-corrected chi connectivity index (χ3v) is 24.9. The summed E-state index contributed by atoms with van der Waals surface area (Å²) in [7, 11) is 2.07. The summed E-state index contributed by atoms with van der Waals surface area (Å²) in [5.74, 6) is 7.41. The zero-order valence-corrected chi connectivity index (χ0v) is 79.3. The van der Waals surface area contributed by atoms with Gasteiger partial charge in [0.05, 0.1) is 72.3 Å². The van der Waals surface area contributed by atoms with E-state index in [-0.39, 0.29) is 5.56 Å². The number of thiazole rings is 1. The summed E-state index contributed by atoms with van der Waals surface area (Å²) in [6, 6.07) is 67.1. The molecule has 676 valence electrons. The number of hydrogen-bond donors (Lipinski definition) is 4. The molecule has 7 aromatic carbocycles. The van der Waals surface area contributed by atoms with Crippen LogP contribution < -0.4 is 45.4 Å². The van der Waals surface area contributed by atoms with E-state index in [1.807, 2.05) is 159 Å². The average molecular weight is 1780 g/mol. The third-order valence-electron chi connectivity index (χ3n) is 23.9. The summed E-state index contributed by atoms with van der Waals surface area (Å²) in [4.78, 5) is 31.3. The van der Waals surface area contributed by atoms with Crippen LogP contribution in [-0.4, -0.2) is 132 Å². The summed E-state index contributed by atoms with van der Waals surface area (Å²) in [6.07, 6.45) is 6.57. The number of aromatic amines is 1. The Hall–Kier alpha value is -14.7. The maximum Gasteiger partial charge on any atom is 0.258 e. The normalized spacial score (nSPS) is 11.2. The molecule has 0 atom stereocenters. The SMILES string of the molecule is CCOc1ccc(-n2c(C)c3c(C)nnc(N(C)CCc4ccccn4)c3c2C)cc1.CCOc1ccc(-n2c(C)c3c(C)nnc(NCCCCc4ccccc4)c3c2C)cc1.CCOc1ccc(-n2c(C)c3c(C)nnc(NCCc4nc5ccccc5c(=O)[nH]4)c3c2C)cc1.CCOc1ccc(-n2c(C)c3c(C)nnc(NCc4csc(-c5ccccc5)n4)c3c2C)cc1.